The van der Waals surface area contributed by atoms with Crippen molar-refractivity contribution in [2.75, 3.05) is 36.9 Å². The number of aliphatic hydroxyl groups is 2. The van der Waals surface area contributed by atoms with E-state index in [9.17, 15) is 0 Å². The Labute approximate surface area is 119 Å². The number of nitrogens with zero attached hydrogens (tertiary/aromatic N) is 1. The van der Waals surface area contributed by atoms with E-state index < -0.39 is 0 Å². The fourth-order valence-corrected chi connectivity index (χ4v) is 3.21. The van der Waals surface area contributed by atoms with Crippen molar-refractivity contribution in [1.29, 1.82) is 0 Å². The highest BCUT2D eigenvalue weighted by Crippen LogP contribution is 2.36. The zero-order valence-electron chi connectivity index (χ0n) is 10.9. The standard InChI is InChI=1S/C14H16N2O3S/c15-13-7-10-9-8-14(16(3-5-17)4-6-18)19-11(9)1-2-12(10)20-13/h1-2,7-8,17-18H,3-6,15H2. The van der Waals surface area contributed by atoms with Crippen LogP contribution >= 0.6 is 11.3 Å². The van der Waals surface area contributed by atoms with Crippen molar-refractivity contribution in [2.24, 2.45) is 0 Å². The summed E-state index contributed by atoms with van der Waals surface area (Å²) in [5.74, 6) is 0.653. The van der Waals surface area contributed by atoms with Crippen LogP contribution < -0.4 is 10.6 Å². The van der Waals surface area contributed by atoms with Crippen LogP contribution in [0.15, 0.2) is 28.7 Å². The van der Waals surface area contributed by atoms with Crippen molar-refractivity contribution >= 4 is 43.3 Å². The molecule has 20 heavy (non-hydrogen) atoms. The molecule has 0 atom stereocenters. The molecule has 3 aromatic rings. The number of benzene rings is 1. The summed E-state index contributed by atoms with van der Waals surface area (Å²) in [5.41, 5.74) is 6.64. The number of nitrogens with two attached hydrogens (primary N) is 1. The first kappa shape index (κ1) is 13.2. The second kappa shape index (κ2) is 5.32. The average molecular weight is 292 g/mol. The van der Waals surface area contributed by atoms with Crippen LogP contribution in [0.4, 0.5) is 10.9 Å². The van der Waals surface area contributed by atoms with Gasteiger partial charge in [-0.05, 0) is 18.2 Å². The summed E-state index contributed by atoms with van der Waals surface area (Å²) in [5, 5.41) is 21.0. The van der Waals surface area contributed by atoms with Gasteiger partial charge in [0.15, 0.2) is 5.88 Å². The van der Waals surface area contributed by atoms with E-state index in [0.29, 0.717) is 19.0 Å². The predicted molar refractivity (Wildman–Crippen MR) is 82.4 cm³/mol. The molecule has 2 heterocycles. The molecule has 0 amide bonds. The second-order valence-electron chi connectivity index (χ2n) is 4.56. The molecule has 0 saturated carbocycles. The van der Waals surface area contributed by atoms with Crippen molar-refractivity contribution in [3.05, 3.63) is 24.3 Å². The molecule has 5 nitrogen and oxygen atoms in total. The van der Waals surface area contributed by atoms with Gasteiger partial charge < -0.3 is 25.3 Å². The lowest BCUT2D eigenvalue weighted by Crippen LogP contribution is -2.29. The van der Waals surface area contributed by atoms with E-state index in [2.05, 4.69) is 0 Å². The van der Waals surface area contributed by atoms with Gasteiger partial charge in [-0.1, -0.05) is 0 Å². The number of furan rings is 1. The van der Waals surface area contributed by atoms with Crippen LogP contribution in [0.25, 0.3) is 21.1 Å². The molecule has 3 rings (SSSR count). The summed E-state index contributed by atoms with van der Waals surface area (Å²) in [4.78, 5) is 1.82. The van der Waals surface area contributed by atoms with Crippen molar-refractivity contribution in [3.63, 3.8) is 0 Å². The van der Waals surface area contributed by atoms with Gasteiger partial charge in [-0.2, -0.15) is 0 Å². The number of rotatable bonds is 5. The Morgan fingerprint density at radius 2 is 1.85 bits per heavy atom. The Morgan fingerprint density at radius 3 is 2.55 bits per heavy atom. The molecule has 0 fully saturated rings. The number of thiophene rings is 1. The molecular formula is C14H16N2O3S. The summed E-state index contributed by atoms with van der Waals surface area (Å²) < 4.78 is 6.94. The zero-order valence-corrected chi connectivity index (χ0v) is 11.7. The zero-order chi connectivity index (χ0) is 14.1. The SMILES string of the molecule is Nc1cc2c(ccc3oc(N(CCO)CCO)cc32)s1. The highest BCUT2D eigenvalue weighted by atomic mass is 32.1. The van der Waals surface area contributed by atoms with E-state index in [1.165, 1.54) is 0 Å². The van der Waals surface area contributed by atoms with E-state index in [0.717, 1.165) is 26.1 Å². The molecule has 4 N–H and O–H groups in total. The van der Waals surface area contributed by atoms with Gasteiger partial charge in [0.2, 0.25) is 0 Å². The van der Waals surface area contributed by atoms with E-state index >= 15 is 0 Å². The maximum Gasteiger partial charge on any atom is 0.196 e. The Bertz CT molecular complexity index is 729. The van der Waals surface area contributed by atoms with Crippen molar-refractivity contribution in [1.82, 2.24) is 0 Å². The van der Waals surface area contributed by atoms with E-state index in [1.54, 1.807) is 11.3 Å². The summed E-state index contributed by atoms with van der Waals surface area (Å²) in [7, 11) is 0. The van der Waals surface area contributed by atoms with Crippen LogP contribution in [-0.2, 0) is 0 Å². The molecule has 0 aliphatic heterocycles. The molecule has 0 aliphatic rings. The van der Waals surface area contributed by atoms with Gasteiger partial charge in [-0.25, -0.2) is 0 Å². The van der Waals surface area contributed by atoms with Gasteiger partial charge in [-0.15, -0.1) is 11.3 Å². The van der Waals surface area contributed by atoms with Gasteiger partial charge >= 0.3 is 0 Å². The van der Waals surface area contributed by atoms with Crippen LogP contribution in [0.1, 0.15) is 0 Å². The maximum absolute atomic E-state index is 9.09. The summed E-state index contributed by atoms with van der Waals surface area (Å²) in [6.07, 6.45) is 0. The third-order valence-corrected chi connectivity index (χ3v) is 4.18. The first-order valence-electron chi connectivity index (χ1n) is 6.41. The lowest BCUT2D eigenvalue weighted by atomic mass is 10.2. The molecule has 0 spiro atoms. The molecular weight excluding hydrogens is 276 g/mol. The van der Waals surface area contributed by atoms with Gasteiger partial charge in [0.05, 0.1) is 18.2 Å². The highest BCUT2D eigenvalue weighted by molar-refractivity contribution is 7.22. The minimum absolute atomic E-state index is 0.0118. The van der Waals surface area contributed by atoms with E-state index in [1.807, 2.05) is 29.2 Å². The van der Waals surface area contributed by atoms with Crippen molar-refractivity contribution < 1.29 is 14.6 Å². The highest BCUT2D eigenvalue weighted by Gasteiger charge is 2.14. The first-order chi connectivity index (χ1) is 9.72. The predicted octanol–water partition coefficient (Wildman–Crippen LogP) is 2.02. The number of hydrogen-bond acceptors (Lipinski definition) is 6. The maximum atomic E-state index is 9.09. The number of anilines is 2. The summed E-state index contributed by atoms with van der Waals surface area (Å²) in [6, 6.07) is 7.81. The van der Waals surface area contributed by atoms with Gasteiger partial charge in [0.1, 0.15) is 5.58 Å². The molecule has 2 aromatic heterocycles. The topological polar surface area (TPSA) is 82.9 Å². The summed E-state index contributed by atoms with van der Waals surface area (Å²) in [6.45, 7) is 0.875. The van der Waals surface area contributed by atoms with E-state index in [4.69, 9.17) is 20.4 Å². The number of hydrogen-bond donors (Lipinski definition) is 3. The van der Waals surface area contributed by atoms with Crippen molar-refractivity contribution in [2.45, 2.75) is 0 Å². The van der Waals surface area contributed by atoms with Gasteiger partial charge in [-0.3, -0.25) is 0 Å². The van der Waals surface area contributed by atoms with Crippen LogP contribution in [-0.4, -0.2) is 36.5 Å². The number of aliphatic hydroxyl groups excluding tert-OH is 2. The first-order valence-corrected chi connectivity index (χ1v) is 7.23. The molecule has 0 radical (unpaired) electrons. The van der Waals surface area contributed by atoms with Crippen LogP contribution in [0, 0.1) is 0 Å². The minimum atomic E-state index is 0.0118. The number of nitrogen functional groups attached to an aromatic ring is 1. The lowest BCUT2D eigenvalue weighted by Gasteiger charge is -2.19. The second-order valence-corrected chi connectivity index (χ2v) is 5.67. The van der Waals surface area contributed by atoms with Crippen molar-refractivity contribution in [3.8, 4) is 0 Å². The van der Waals surface area contributed by atoms with Gasteiger partial charge in [0.25, 0.3) is 0 Å². The Balaban J connectivity index is 2.11. The third-order valence-electron chi connectivity index (χ3n) is 3.26. The van der Waals surface area contributed by atoms with Crippen LogP contribution in [0.5, 0.6) is 0 Å². The lowest BCUT2D eigenvalue weighted by molar-refractivity contribution is 0.278. The van der Waals surface area contributed by atoms with Gasteiger partial charge in [0, 0.05) is 34.6 Å². The molecule has 106 valence electrons. The minimum Gasteiger partial charge on any atom is -0.441 e. The average Bonchev–Trinajstić information content (AvgIpc) is 3.00. The fraction of sp³-hybridized carbons (Fsp3) is 0.286. The summed E-state index contributed by atoms with van der Waals surface area (Å²) >= 11 is 1.55. The largest absolute Gasteiger partial charge is 0.441 e. The smallest absolute Gasteiger partial charge is 0.196 e. The fourth-order valence-electron chi connectivity index (χ4n) is 2.37. The Kier molecular flexibility index (Phi) is 3.52. The molecule has 6 heteroatoms. The third kappa shape index (κ3) is 2.22. The molecule has 0 bridgehead atoms. The Hall–Kier alpha value is -1.76. The molecule has 0 saturated heterocycles. The quantitative estimate of drug-likeness (QED) is 0.670. The van der Waals surface area contributed by atoms with Crippen LogP contribution in [0.2, 0.25) is 0 Å². The normalized spacial score (nSPS) is 11.5. The monoisotopic (exact) mass is 292 g/mol. The van der Waals surface area contributed by atoms with Crippen LogP contribution in [0.3, 0.4) is 0 Å². The number of fused-ring (bicyclic) bond motifs is 3. The molecule has 0 aliphatic carbocycles. The molecule has 1 aromatic carbocycles. The Morgan fingerprint density at radius 1 is 1.10 bits per heavy atom. The van der Waals surface area contributed by atoms with E-state index in [-0.39, 0.29) is 13.2 Å². The molecule has 0 unspecified atom stereocenters.